The summed E-state index contributed by atoms with van der Waals surface area (Å²) >= 11 is 2.99. The summed E-state index contributed by atoms with van der Waals surface area (Å²) in [5, 5.41) is 0.906. The summed E-state index contributed by atoms with van der Waals surface area (Å²) in [4.78, 5) is 29.8. The lowest BCUT2D eigenvalue weighted by atomic mass is 10.3. The number of hydrogen-bond donors (Lipinski definition) is 0. The average Bonchev–Trinajstić information content (AvgIpc) is 3.16. The van der Waals surface area contributed by atoms with E-state index in [1.54, 1.807) is 17.4 Å². The Balaban J connectivity index is 1.48. The fourth-order valence-corrected chi connectivity index (χ4v) is 3.87. The number of fused-ring (bicyclic) bond motifs is 1. The number of carbonyl (C=O) groups is 2. The summed E-state index contributed by atoms with van der Waals surface area (Å²) < 4.78 is 6.17. The third kappa shape index (κ3) is 4.03. The maximum atomic E-state index is 11.9. The quantitative estimate of drug-likeness (QED) is 0.500. The summed E-state index contributed by atoms with van der Waals surface area (Å²) in [6.45, 7) is 1.74. The predicted octanol–water partition coefficient (Wildman–Crippen LogP) is 4.02. The number of thiazole rings is 1. The maximum absolute atomic E-state index is 11.9. The van der Waals surface area contributed by atoms with Crippen LogP contribution in [-0.4, -0.2) is 23.3 Å². The molecule has 1 aromatic carbocycles. The van der Waals surface area contributed by atoms with Gasteiger partial charge in [-0.1, -0.05) is 12.1 Å². The van der Waals surface area contributed by atoms with Crippen LogP contribution >= 0.6 is 22.7 Å². The molecule has 0 amide bonds. The van der Waals surface area contributed by atoms with Gasteiger partial charge in [-0.25, -0.2) is 4.98 Å². The lowest BCUT2D eigenvalue weighted by Crippen LogP contribution is -2.13. The molecule has 0 fully saturated rings. The number of para-hydroxylation sites is 1. The van der Waals surface area contributed by atoms with Crippen LogP contribution in [0.2, 0.25) is 0 Å². The number of rotatable bonds is 6. The molecule has 0 saturated heterocycles. The van der Waals surface area contributed by atoms with E-state index in [1.165, 1.54) is 11.3 Å². The van der Waals surface area contributed by atoms with Gasteiger partial charge in [-0.15, -0.1) is 22.7 Å². The predicted molar refractivity (Wildman–Crippen MR) is 92.3 cm³/mol. The van der Waals surface area contributed by atoms with E-state index in [0.29, 0.717) is 11.3 Å². The highest BCUT2D eigenvalue weighted by Crippen LogP contribution is 2.22. The standard InChI is InChI=1S/C17H15NO3S2/c1-11-6-7-15(22-11)13(19)10-21-17(20)9-8-16-18-12-4-2-3-5-14(12)23-16/h2-7H,8-10H2,1H3. The number of aromatic nitrogens is 1. The third-order valence-corrected chi connectivity index (χ3v) is 5.40. The van der Waals surface area contributed by atoms with Gasteiger partial charge >= 0.3 is 5.97 Å². The maximum Gasteiger partial charge on any atom is 0.306 e. The molecule has 3 aromatic rings. The number of carbonyl (C=O) groups excluding carboxylic acids is 2. The molecule has 0 N–H and O–H groups in total. The molecule has 0 aliphatic carbocycles. The van der Waals surface area contributed by atoms with Crippen molar-refractivity contribution in [3.8, 4) is 0 Å². The zero-order valence-electron chi connectivity index (χ0n) is 12.6. The van der Waals surface area contributed by atoms with E-state index in [2.05, 4.69) is 4.98 Å². The van der Waals surface area contributed by atoms with Crippen molar-refractivity contribution in [2.75, 3.05) is 6.61 Å². The monoisotopic (exact) mass is 345 g/mol. The first-order valence-corrected chi connectivity index (χ1v) is 8.85. The minimum absolute atomic E-state index is 0.156. The number of Topliss-reactive ketones (excluding diaryl/α,β-unsaturated/α-hetero) is 1. The molecule has 0 bridgehead atoms. The molecule has 0 aliphatic rings. The van der Waals surface area contributed by atoms with Gasteiger partial charge in [0.2, 0.25) is 5.78 Å². The van der Waals surface area contributed by atoms with Gasteiger partial charge in [0.05, 0.1) is 26.5 Å². The van der Waals surface area contributed by atoms with Crippen LogP contribution < -0.4 is 0 Å². The van der Waals surface area contributed by atoms with Crippen LogP contribution in [0.1, 0.15) is 26.0 Å². The second-order valence-corrected chi connectivity index (χ2v) is 7.47. The van der Waals surface area contributed by atoms with E-state index >= 15 is 0 Å². The van der Waals surface area contributed by atoms with Gasteiger partial charge in [-0.2, -0.15) is 0 Å². The second-order valence-electron chi connectivity index (χ2n) is 5.07. The fraction of sp³-hybridized carbons (Fsp3) is 0.235. The van der Waals surface area contributed by atoms with Crippen molar-refractivity contribution < 1.29 is 14.3 Å². The first-order valence-electron chi connectivity index (χ1n) is 7.21. The second kappa shape index (κ2) is 7.02. The third-order valence-electron chi connectivity index (χ3n) is 3.26. The van der Waals surface area contributed by atoms with E-state index in [9.17, 15) is 9.59 Å². The Hall–Kier alpha value is -2.05. The highest BCUT2D eigenvalue weighted by molar-refractivity contribution is 7.18. The van der Waals surface area contributed by atoms with Gasteiger partial charge in [-0.05, 0) is 31.2 Å². The number of aryl methyl sites for hydroxylation is 2. The lowest BCUT2D eigenvalue weighted by Gasteiger charge is -2.02. The molecule has 0 atom stereocenters. The smallest absolute Gasteiger partial charge is 0.306 e. The van der Waals surface area contributed by atoms with Crippen molar-refractivity contribution in [2.45, 2.75) is 19.8 Å². The Morgan fingerprint density at radius 1 is 1.13 bits per heavy atom. The molecule has 2 aromatic heterocycles. The Kier molecular flexibility index (Phi) is 4.83. The molecule has 0 radical (unpaired) electrons. The normalized spacial score (nSPS) is 10.8. The van der Waals surface area contributed by atoms with Crippen LogP contribution in [0.15, 0.2) is 36.4 Å². The minimum Gasteiger partial charge on any atom is -0.457 e. The van der Waals surface area contributed by atoms with E-state index in [0.717, 1.165) is 20.1 Å². The van der Waals surface area contributed by atoms with Crippen LogP contribution in [0.3, 0.4) is 0 Å². The van der Waals surface area contributed by atoms with Gasteiger partial charge in [0.25, 0.3) is 0 Å². The summed E-state index contributed by atoms with van der Waals surface area (Å²) in [6.07, 6.45) is 0.765. The lowest BCUT2D eigenvalue weighted by molar-refractivity contribution is -0.142. The van der Waals surface area contributed by atoms with Crippen molar-refractivity contribution >= 4 is 44.6 Å². The number of esters is 1. The Labute approximate surface area is 141 Å². The van der Waals surface area contributed by atoms with E-state index < -0.39 is 0 Å². The molecule has 3 rings (SSSR count). The highest BCUT2D eigenvalue weighted by atomic mass is 32.1. The number of nitrogens with zero attached hydrogens (tertiary/aromatic N) is 1. The van der Waals surface area contributed by atoms with Crippen LogP contribution in [0.25, 0.3) is 10.2 Å². The highest BCUT2D eigenvalue weighted by Gasteiger charge is 2.12. The van der Waals surface area contributed by atoms with Gasteiger partial charge in [0.15, 0.2) is 6.61 Å². The molecule has 0 unspecified atom stereocenters. The molecule has 0 spiro atoms. The van der Waals surface area contributed by atoms with Crippen LogP contribution in [0, 0.1) is 6.92 Å². The molecule has 4 nitrogen and oxygen atoms in total. The molecule has 0 saturated carbocycles. The van der Waals surface area contributed by atoms with Crippen LogP contribution in [-0.2, 0) is 16.0 Å². The summed E-state index contributed by atoms with van der Waals surface area (Å²) in [5.74, 6) is -0.526. The van der Waals surface area contributed by atoms with Crippen molar-refractivity contribution in [3.05, 3.63) is 51.2 Å². The van der Waals surface area contributed by atoms with E-state index in [-0.39, 0.29) is 24.8 Å². The number of ether oxygens (including phenoxy) is 1. The summed E-state index contributed by atoms with van der Waals surface area (Å²) in [5.41, 5.74) is 0.948. The fourth-order valence-electron chi connectivity index (χ4n) is 2.11. The summed E-state index contributed by atoms with van der Waals surface area (Å²) in [6, 6.07) is 11.5. The first-order chi connectivity index (χ1) is 11.1. The molecule has 118 valence electrons. The van der Waals surface area contributed by atoms with Crippen molar-refractivity contribution in [1.29, 1.82) is 0 Å². The Morgan fingerprint density at radius 2 is 1.96 bits per heavy atom. The SMILES string of the molecule is Cc1ccc(C(=O)COC(=O)CCc2nc3ccccc3s2)s1. The van der Waals surface area contributed by atoms with E-state index in [1.807, 2.05) is 37.3 Å². The van der Waals surface area contributed by atoms with Crippen LogP contribution in [0.4, 0.5) is 0 Å². The molecular formula is C17H15NO3S2. The van der Waals surface area contributed by atoms with E-state index in [4.69, 9.17) is 4.74 Å². The van der Waals surface area contributed by atoms with Crippen molar-refractivity contribution in [2.24, 2.45) is 0 Å². The van der Waals surface area contributed by atoms with Gasteiger partial charge in [0.1, 0.15) is 0 Å². The topological polar surface area (TPSA) is 56.3 Å². The van der Waals surface area contributed by atoms with Crippen molar-refractivity contribution in [1.82, 2.24) is 4.98 Å². The zero-order valence-corrected chi connectivity index (χ0v) is 14.2. The zero-order chi connectivity index (χ0) is 16.2. The first kappa shape index (κ1) is 15.8. The number of benzene rings is 1. The Morgan fingerprint density at radius 3 is 2.70 bits per heavy atom. The molecular weight excluding hydrogens is 330 g/mol. The average molecular weight is 345 g/mol. The van der Waals surface area contributed by atoms with Crippen LogP contribution in [0.5, 0.6) is 0 Å². The largest absolute Gasteiger partial charge is 0.457 e. The number of thiophene rings is 1. The van der Waals surface area contributed by atoms with Gasteiger partial charge < -0.3 is 4.74 Å². The Bertz CT molecular complexity index is 817. The molecule has 23 heavy (non-hydrogen) atoms. The van der Waals surface area contributed by atoms with Gasteiger partial charge in [-0.3, -0.25) is 9.59 Å². The molecule has 2 heterocycles. The molecule has 0 aliphatic heterocycles. The molecule has 6 heteroatoms. The minimum atomic E-state index is -0.370. The van der Waals surface area contributed by atoms with Gasteiger partial charge in [0, 0.05) is 11.3 Å². The van der Waals surface area contributed by atoms with Crippen molar-refractivity contribution in [3.63, 3.8) is 0 Å². The number of hydrogen-bond acceptors (Lipinski definition) is 6. The number of ketones is 1. The summed E-state index contributed by atoms with van der Waals surface area (Å²) in [7, 11) is 0.